The number of ether oxygens (including phenoxy) is 2. The van der Waals surface area contributed by atoms with E-state index in [2.05, 4.69) is 5.32 Å². The van der Waals surface area contributed by atoms with Gasteiger partial charge in [-0.1, -0.05) is 17.7 Å². The number of anilines is 1. The summed E-state index contributed by atoms with van der Waals surface area (Å²) in [5, 5.41) is 11.9. The Balaban J connectivity index is 1.84. The van der Waals surface area contributed by atoms with Crippen LogP contribution in [0.3, 0.4) is 0 Å². The second-order valence-electron chi connectivity index (χ2n) is 5.46. The van der Waals surface area contributed by atoms with Gasteiger partial charge in [0.15, 0.2) is 12.7 Å². The number of nitrogens with zero attached hydrogens (tertiary/aromatic N) is 1. The Morgan fingerprint density at radius 3 is 2.58 bits per heavy atom. The summed E-state index contributed by atoms with van der Waals surface area (Å²) in [6, 6.07) is 13.4. The van der Waals surface area contributed by atoms with E-state index < -0.39 is 24.6 Å². The quantitative estimate of drug-likeness (QED) is 0.784. The van der Waals surface area contributed by atoms with Crippen LogP contribution in [0.15, 0.2) is 42.5 Å². The van der Waals surface area contributed by atoms with E-state index in [9.17, 15) is 9.59 Å². The first-order valence-corrected chi connectivity index (χ1v) is 8.17. The van der Waals surface area contributed by atoms with Crippen molar-refractivity contribution in [3.63, 3.8) is 0 Å². The summed E-state index contributed by atoms with van der Waals surface area (Å²) < 4.78 is 10.4. The van der Waals surface area contributed by atoms with Crippen LogP contribution in [-0.4, -0.2) is 24.6 Å². The second kappa shape index (κ2) is 8.88. The van der Waals surface area contributed by atoms with E-state index in [0.29, 0.717) is 22.0 Å². The predicted molar refractivity (Wildman–Crippen MR) is 97.0 cm³/mol. The summed E-state index contributed by atoms with van der Waals surface area (Å²) in [4.78, 5) is 23.9. The molecular weight excluding hydrogens is 356 g/mol. The van der Waals surface area contributed by atoms with Crippen LogP contribution < -0.4 is 10.1 Å². The number of nitriles is 1. The SMILES string of the molecule is Cc1c(Cl)cccc1NC(=O)COC(=O)[C@H](C)Oc1ccc(C#N)cc1. The molecule has 2 rings (SSSR count). The van der Waals surface area contributed by atoms with Crippen molar-refractivity contribution in [2.24, 2.45) is 0 Å². The van der Waals surface area contributed by atoms with Crippen LogP contribution in [-0.2, 0) is 14.3 Å². The third-order valence-corrected chi connectivity index (χ3v) is 3.92. The average molecular weight is 373 g/mol. The maximum atomic E-state index is 11.9. The summed E-state index contributed by atoms with van der Waals surface area (Å²) in [6.45, 7) is 2.85. The largest absolute Gasteiger partial charge is 0.479 e. The van der Waals surface area contributed by atoms with Crippen molar-refractivity contribution in [1.82, 2.24) is 0 Å². The molecule has 0 unspecified atom stereocenters. The Hall–Kier alpha value is -3.04. The summed E-state index contributed by atoms with van der Waals surface area (Å²) >= 11 is 5.99. The zero-order chi connectivity index (χ0) is 19.1. The lowest BCUT2D eigenvalue weighted by Gasteiger charge is -2.14. The molecule has 0 radical (unpaired) electrons. The highest BCUT2D eigenvalue weighted by molar-refractivity contribution is 6.31. The van der Waals surface area contributed by atoms with Gasteiger partial charge in [0.05, 0.1) is 11.6 Å². The number of nitrogens with one attached hydrogen (secondary N) is 1. The first-order chi connectivity index (χ1) is 12.4. The van der Waals surface area contributed by atoms with Gasteiger partial charge in [-0.2, -0.15) is 5.26 Å². The first-order valence-electron chi connectivity index (χ1n) is 7.79. The molecule has 0 heterocycles. The van der Waals surface area contributed by atoms with Crippen LogP contribution in [0.1, 0.15) is 18.1 Å². The highest BCUT2D eigenvalue weighted by atomic mass is 35.5. The number of halogens is 1. The molecule has 0 fully saturated rings. The van der Waals surface area contributed by atoms with E-state index >= 15 is 0 Å². The molecule has 2 aromatic rings. The average Bonchev–Trinajstić information content (AvgIpc) is 2.64. The number of amides is 1. The molecule has 0 spiro atoms. The molecule has 134 valence electrons. The van der Waals surface area contributed by atoms with Gasteiger partial charge in [0.1, 0.15) is 5.75 Å². The fourth-order valence-corrected chi connectivity index (χ4v) is 2.22. The predicted octanol–water partition coefficient (Wildman–Crippen LogP) is 3.47. The fourth-order valence-electron chi connectivity index (χ4n) is 2.04. The monoisotopic (exact) mass is 372 g/mol. The van der Waals surface area contributed by atoms with E-state index in [4.69, 9.17) is 26.3 Å². The van der Waals surface area contributed by atoms with Gasteiger partial charge in [0, 0.05) is 10.7 Å². The molecule has 26 heavy (non-hydrogen) atoms. The Bertz CT molecular complexity index is 844. The highest BCUT2D eigenvalue weighted by Crippen LogP contribution is 2.22. The summed E-state index contributed by atoms with van der Waals surface area (Å²) in [7, 11) is 0. The number of hydrogen-bond donors (Lipinski definition) is 1. The van der Waals surface area contributed by atoms with E-state index in [-0.39, 0.29) is 0 Å². The number of carbonyl (C=O) groups excluding carboxylic acids is 2. The number of esters is 1. The molecular formula is C19H17ClN2O4. The summed E-state index contributed by atoms with van der Waals surface area (Å²) in [6.07, 6.45) is -0.899. The molecule has 0 aliphatic heterocycles. The van der Waals surface area contributed by atoms with Crippen molar-refractivity contribution in [1.29, 1.82) is 5.26 Å². The maximum Gasteiger partial charge on any atom is 0.347 e. The second-order valence-corrected chi connectivity index (χ2v) is 5.87. The van der Waals surface area contributed by atoms with Crippen LogP contribution in [0.5, 0.6) is 5.75 Å². The number of hydrogen-bond acceptors (Lipinski definition) is 5. The molecule has 1 atom stereocenters. The van der Waals surface area contributed by atoms with Crippen LogP contribution >= 0.6 is 11.6 Å². The standard InChI is InChI=1S/C19H17ClN2O4/c1-12-16(20)4-3-5-17(12)22-18(23)11-25-19(24)13(2)26-15-8-6-14(10-21)7-9-15/h3-9,13H,11H2,1-2H3,(H,22,23)/t13-/m0/s1. The van der Waals surface area contributed by atoms with Crippen LogP contribution in [0.4, 0.5) is 5.69 Å². The molecule has 1 N–H and O–H groups in total. The van der Waals surface area contributed by atoms with Gasteiger partial charge < -0.3 is 14.8 Å². The molecule has 0 aliphatic rings. The molecule has 0 saturated carbocycles. The maximum absolute atomic E-state index is 11.9. The molecule has 0 saturated heterocycles. The minimum atomic E-state index is -0.899. The Morgan fingerprint density at radius 2 is 1.92 bits per heavy atom. The Morgan fingerprint density at radius 1 is 1.23 bits per heavy atom. The van der Waals surface area contributed by atoms with Crippen molar-refractivity contribution in [3.8, 4) is 11.8 Å². The van der Waals surface area contributed by atoms with E-state index in [1.165, 1.54) is 6.92 Å². The third-order valence-electron chi connectivity index (χ3n) is 3.52. The van der Waals surface area contributed by atoms with Crippen LogP contribution in [0.2, 0.25) is 5.02 Å². The lowest BCUT2D eigenvalue weighted by molar-refractivity contribution is -0.153. The van der Waals surface area contributed by atoms with Crippen molar-refractivity contribution < 1.29 is 19.1 Å². The zero-order valence-corrected chi connectivity index (χ0v) is 15.0. The fraction of sp³-hybridized carbons (Fsp3) is 0.211. The zero-order valence-electron chi connectivity index (χ0n) is 14.3. The van der Waals surface area contributed by atoms with Crippen LogP contribution in [0, 0.1) is 18.3 Å². The normalized spacial score (nSPS) is 11.2. The summed E-state index contributed by atoms with van der Waals surface area (Å²) in [5.74, 6) is -0.728. The Labute approximate surface area is 156 Å². The number of carbonyl (C=O) groups is 2. The Kier molecular flexibility index (Phi) is 6.59. The van der Waals surface area contributed by atoms with Gasteiger partial charge in [-0.05, 0) is 55.8 Å². The molecule has 6 nitrogen and oxygen atoms in total. The highest BCUT2D eigenvalue weighted by Gasteiger charge is 2.18. The molecule has 1 amide bonds. The molecule has 2 aromatic carbocycles. The van der Waals surface area contributed by atoms with E-state index in [1.807, 2.05) is 6.07 Å². The molecule has 0 aromatic heterocycles. The summed E-state index contributed by atoms with van der Waals surface area (Å²) in [5.41, 5.74) is 1.77. The molecule has 0 aliphatic carbocycles. The van der Waals surface area contributed by atoms with Crippen LogP contribution in [0.25, 0.3) is 0 Å². The van der Waals surface area contributed by atoms with Gasteiger partial charge in [-0.25, -0.2) is 4.79 Å². The van der Waals surface area contributed by atoms with E-state index in [0.717, 1.165) is 5.56 Å². The van der Waals surface area contributed by atoms with Gasteiger partial charge >= 0.3 is 5.97 Å². The number of benzene rings is 2. The van der Waals surface area contributed by atoms with Gasteiger partial charge in [0.2, 0.25) is 0 Å². The third kappa shape index (κ3) is 5.23. The van der Waals surface area contributed by atoms with Crippen molar-refractivity contribution in [3.05, 3.63) is 58.6 Å². The van der Waals surface area contributed by atoms with Gasteiger partial charge in [-0.15, -0.1) is 0 Å². The topological polar surface area (TPSA) is 88.4 Å². The lowest BCUT2D eigenvalue weighted by atomic mass is 10.2. The van der Waals surface area contributed by atoms with Crippen molar-refractivity contribution in [2.45, 2.75) is 20.0 Å². The smallest absolute Gasteiger partial charge is 0.347 e. The molecule has 0 bridgehead atoms. The first kappa shape index (κ1) is 19.3. The lowest BCUT2D eigenvalue weighted by Crippen LogP contribution is -2.29. The minimum absolute atomic E-state index is 0.424. The van der Waals surface area contributed by atoms with E-state index in [1.54, 1.807) is 49.4 Å². The molecule has 7 heteroatoms. The minimum Gasteiger partial charge on any atom is -0.479 e. The van der Waals surface area contributed by atoms with Crippen molar-refractivity contribution >= 4 is 29.2 Å². The van der Waals surface area contributed by atoms with Gasteiger partial charge in [-0.3, -0.25) is 4.79 Å². The van der Waals surface area contributed by atoms with Gasteiger partial charge in [0.25, 0.3) is 5.91 Å². The number of rotatable bonds is 6. The van der Waals surface area contributed by atoms with Crippen molar-refractivity contribution in [2.75, 3.05) is 11.9 Å².